The van der Waals surface area contributed by atoms with Gasteiger partial charge in [-0.25, -0.2) is 9.31 Å². The molecule has 2 aromatic heterocycles. The molecule has 0 aliphatic heterocycles. The SMILES string of the molecule is COC(=O)c1ccc2c(c1)[nH]c(=O)c1c(C)cnn12. The molecule has 2 heterocycles. The van der Waals surface area contributed by atoms with Crippen LogP contribution in [0.5, 0.6) is 0 Å². The van der Waals surface area contributed by atoms with Gasteiger partial charge in [0.05, 0.1) is 29.9 Å². The molecule has 0 atom stereocenters. The normalized spacial score (nSPS) is 11.1. The maximum Gasteiger partial charge on any atom is 0.337 e. The molecule has 0 fully saturated rings. The third-order valence-corrected chi connectivity index (χ3v) is 3.06. The van der Waals surface area contributed by atoms with Crippen molar-refractivity contribution in [2.45, 2.75) is 6.92 Å². The number of hydrogen-bond acceptors (Lipinski definition) is 4. The molecule has 0 spiro atoms. The second kappa shape index (κ2) is 3.94. The van der Waals surface area contributed by atoms with E-state index in [1.165, 1.54) is 7.11 Å². The first-order valence-electron chi connectivity index (χ1n) is 5.70. The summed E-state index contributed by atoms with van der Waals surface area (Å²) in [6.45, 7) is 1.83. The lowest BCUT2D eigenvalue weighted by Crippen LogP contribution is -2.12. The number of nitrogens with one attached hydrogen (secondary N) is 1. The van der Waals surface area contributed by atoms with E-state index in [2.05, 4.69) is 14.8 Å². The van der Waals surface area contributed by atoms with Gasteiger partial charge in [0.25, 0.3) is 5.56 Å². The molecule has 6 nitrogen and oxygen atoms in total. The van der Waals surface area contributed by atoms with Crippen molar-refractivity contribution < 1.29 is 9.53 Å². The van der Waals surface area contributed by atoms with Crippen LogP contribution >= 0.6 is 0 Å². The van der Waals surface area contributed by atoms with Crippen LogP contribution in [-0.2, 0) is 4.74 Å². The minimum atomic E-state index is -0.445. The molecule has 0 saturated heterocycles. The van der Waals surface area contributed by atoms with Gasteiger partial charge in [-0.2, -0.15) is 5.10 Å². The highest BCUT2D eigenvalue weighted by Gasteiger charge is 2.11. The Morgan fingerprint density at radius 3 is 2.95 bits per heavy atom. The molecule has 0 unspecified atom stereocenters. The quantitative estimate of drug-likeness (QED) is 0.666. The van der Waals surface area contributed by atoms with Crippen molar-refractivity contribution in [3.8, 4) is 0 Å². The molecular weight excluding hydrogens is 246 g/mol. The number of hydrogen-bond donors (Lipinski definition) is 1. The molecule has 19 heavy (non-hydrogen) atoms. The highest BCUT2D eigenvalue weighted by molar-refractivity contribution is 5.93. The van der Waals surface area contributed by atoms with Gasteiger partial charge in [-0.1, -0.05) is 0 Å². The zero-order chi connectivity index (χ0) is 13.6. The largest absolute Gasteiger partial charge is 0.465 e. The topological polar surface area (TPSA) is 76.5 Å². The third kappa shape index (κ3) is 1.61. The summed E-state index contributed by atoms with van der Waals surface area (Å²) in [6, 6.07) is 4.96. The van der Waals surface area contributed by atoms with Gasteiger partial charge in [-0.15, -0.1) is 0 Å². The number of methoxy groups -OCH3 is 1. The molecule has 0 amide bonds. The predicted molar refractivity (Wildman–Crippen MR) is 69.4 cm³/mol. The molecule has 1 N–H and O–H groups in total. The number of fused-ring (bicyclic) bond motifs is 3. The van der Waals surface area contributed by atoms with Crippen LogP contribution in [0.15, 0.2) is 29.2 Å². The van der Waals surface area contributed by atoms with Crippen LogP contribution < -0.4 is 5.56 Å². The Kier molecular flexibility index (Phi) is 2.38. The summed E-state index contributed by atoms with van der Waals surface area (Å²) in [5.74, 6) is -0.445. The summed E-state index contributed by atoms with van der Waals surface area (Å²) in [6.07, 6.45) is 1.64. The van der Waals surface area contributed by atoms with E-state index in [9.17, 15) is 9.59 Å². The third-order valence-electron chi connectivity index (χ3n) is 3.06. The van der Waals surface area contributed by atoms with E-state index in [4.69, 9.17) is 0 Å². The predicted octanol–water partition coefficient (Wildman–Crippen LogP) is 1.27. The number of aromatic amines is 1. The highest BCUT2D eigenvalue weighted by atomic mass is 16.5. The van der Waals surface area contributed by atoms with Gasteiger partial charge >= 0.3 is 5.97 Å². The fourth-order valence-electron chi connectivity index (χ4n) is 2.14. The van der Waals surface area contributed by atoms with E-state index in [-0.39, 0.29) is 5.56 Å². The molecule has 0 radical (unpaired) electrons. The fourth-order valence-corrected chi connectivity index (χ4v) is 2.14. The van der Waals surface area contributed by atoms with Gasteiger partial charge in [-0.3, -0.25) is 4.79 Å². The maximum absolute atomic E-state index is 12.0. The van der Waals surface area contributed by atoms with Crippen LogP contribution in [-0.4, -0.2) is 27.7 Å². The highest BCUT2D eigenvalue weighted by Crippen LogP contribution is 2.16. The van der Waals surface area contributed by atoms with Crippen molar-refractivity contribution >= 4 is 22.5 Å². The second-order valence-corrected chi connectivity index (χ2v) is 4.27. The Morgan fingerprint density at radius 2 is 2.21 bits per heavy atom. The van der Waals surface area contributed by atoms with Gasteiger partial charge in [0.15, 0.2) is 0 Å². The summed E-state index contributed by atoms with van der Waals surface area (Å²) >= 11 is 0. The Balaban J connectivity index is 2.40. The molecule has 0 saturated carbocycles. The molecule has 3 rings (SSSR count). The second-order valence-electron chi connectivity index (χ2n) is 4.27. The van der Waals surface area contributed by atoms with Crippen molar-refractivity contribution in [1.29, 1.82) is 0 Å². The maximum atomic E-state index is 12.0. The van der Waals surface area contributed by atoms with Gasteiger partial charge in [0.1, 0.15) is 5.52 Å². The fraction of sp³-hybridized carbons (Fsp3) is 0.154. The zero-order valence-electron chi connectivity index (χ0n) is 10.4. The molecule has 96 valence electrons. The molecule has 0 bridgehead atoms. The summed E-state index contributed by atoms with van der Waals surface area (Å²) in [5.41, 5.74) is 2.75. The van der Waals surface area contributed by atoms with Crippen LogP contribution in [0.1, 0.15) is 15.9 Å². The summed E-state index contributed by atoms with van der Waals surface area (Å²) in [7, 11) is 1.31. The van der Waals surface area contributed by atoms with Crippen LogP contribution in [0.4, 0.5) is 0 Å². The molecule has 0 aliphatic rings. The molecule has 6 heteroatoms. The van der Waals surface area contributed by atoms with Crippen molar-refractivity contribution in [2.75, 3.05) is 7.11 Å². The molecular formula is C13H11N3O3. The number of H-pyrrole nitrogens is 1. The van der Waals surface area contributed by atoms with Crippen molar-refractivity contribution in [3.63, 3.8) is 0 Å². The number of nitrogens with zero attached hydrogens (tertiary/aromatic N) is 2. The lowest BCUT2D eigenvalue weighted by Gasteiger charge is -2.04. The standard InChI is InChI=1S/C13H11N3O3/c1-7-6-14-16-10-4-3-8(13(18)19-2)5-9(10)15-12(17)11(7)16/h3-6H,1-2H3,(H,15,17). The van der Waals surface area contributed by atoms with Gasteiger partial charge in [0, 0.05) is 5.56 Å². The minimum absolute atomic E-state index is 0.232. The van der Waals surface area contributed by atoms with Crippen molar-refractivity contribution in [3.05, 3.63) is 45.9 Å². The Hall–Kier alpha value is -2.63. The summed E-state index contributed by atoms with van der Waals surface area (Å²) in [4.78, 5) is 26.2. The number of ether oxygens (including phenoxy) is 1. The lowest BCUT2D eigenvalue weighted by molar-refractivity contribution is 0.0601. The summed E-state index contributed by atoms with van der Waals surface area (Å²) < 4.78 is 6.23. The first kappa shape index (κ1) is 11.5. The minimum Gasteiger partial charge on any atom is -0.465 e. The van der Waals surface area contributed by atoms with Crippen LogP contribution in [0.2, 0.25) is 0 Å². The molecule has 3 aromatic rings. The number of rotatable bonds is 1. The van der Waals surface area contributed by atoms with Crippen LogP contribution in [0.25, 0.3) is 16.6 Å². The lowest BCUT2D eigenvalue weighted by atomic mass is 10.2. The van der Waals surface area contributed by atoms with E-state index >= 15 is 0 Å². The summed E-state index contributed by atoms with van der Waals surface area (Å²) in [5, 5.41) is 4.18. The average molecular weight is 257 g/mol. The Bertz CT molecular complexity index is 861. The Morgan fingerprint density at radius 1 is 1.42 bits per heavy atom. The number of esters is 1. The van der Waals surface area contributed by atoms with E-state index in [0.717, 1.165) is 11.1 Å². The first-order chi connectivity index (χ1) is 9.11. The monoisotopic (exact) mass is 257 g/mol. The number of aromatic nitrogens is 3. The number of benzene rings is 1. The smallest absolute Gasteiger partial charge is 0.337 e. The average Bonchev–Trinajstić information content (AvgIpc) is 2.80. The van der Waals surface area contributed by atoms with E-state index < -0.39 is 5.97 Å². The van der Waals surface area contributed by atoms with Crippen LogP contribution in [0, 0.1) is 6.92 Å². The van der Waals surface area contributed by atoms with E-state index in [1.807, 2.05) is 6.92 Å². The first-order valence-corrected chi connectivity index (χ1v) is 5.70. The van der Waals surface area contributed by atoms with E-state index in [0.29, 0.717) is 16.6 Å². The zero-order valence-corrected chi connectivity index (χ0v) is 10.4. The van der Waals surface area contributed by atoms with Crippen LogP contribution in [0.3, 0.4) is 0 Å². The van der Waals surface area contributed by atoms with Crippen molar-refractivity contribution in [1.82, 2.24) is 14.6 Å². The van der Waals surface area contributed by atoms with Crippen molar-refractivity contribution in [2.24, 2.45) is 0 Å². The molecule has 0 aliphatic carbocycles. The number of aryl methyl sites for hydroxylation is 1. The van der Waals surface area contributed by atoms with Gasteiger partial charge in [-0.05, 0) is 25.1 Å². The number of carbonyl (C=O) groups is 1. The Labute approximate surface area is 107 Å². The molecule has 1 aromatic carbocycles. The van der Waals surface area contributed by atoms with E-state index in [1.54, 1.807) is 28.9 Å². The van der Waals surface area contributed by atoms with Gasteiger partial charge in [0.2, 0.25) is 0 Å². The number of carbonyl (C=O) groups excluding carboxylic acids is 1. The van der Waals surface area contributed by atoms with Gasteiger partial charge < -0.3 is 9.72 Å².